The van der Waals surface area contributed by atoms with Crippen LogP contribution in [0, 0.1) is 27.7 Å². The van der Waals surface area contributed by atoms with E-state index in [4.69, 9.17) is 11.6 Å². The Kier molecular flexibility index (Phi) is 3.63. The first-order valence-corrected chi connectivity index (χ1v) is 6.46. The SMILES string of the molecule is Cc1cc(C)c(Nc2ccc(C)c(Cl)c2)c(C)c1. The maximum absolute atomic E-state index is 6.14. The van der Waals surface area contributed by atoms with Crippen LogP contribution in [-0.4, -0.2) is 0 Å². The number of halogens is 1. The number of benzene rings is 2. The van der Waals surface area contributed by atoms with Crippen molar-refractivity contribution in [3.8, 4) is 0 Å². The van der Waals surface area contributed by atoms with Crippen LogP contribution in [0.5, 0.6) is 0 Å². The van der Waals surface area contributed by atoms with Crippen LogP contribution in [0.3, 0.4) is 0 Å². The second-order valence-corrected chi connectivity index (χ2v) is 5.27. The van der Waals surface area contributed by atoms with Crippen LogP contribution in [0.4, 0.5) is 11.4 Å². The molecule has 94 valence electrons. The molecule has 0 heterocycles. The molecule has 0 saturated carbocycles. The first-order valence-electron chi connectivity index (χ1n) is 6.08. The van der Waals surface area contributed by atoms with E-state index in [0.29, 0.717) is 0 Å². The van der Waals surface area contributed by atoms with E-state index in [-0.39, 0.29) is 0 Å². The van der Waals surface area contributed by atoms with E-state index in [1.165, 1.54) is 22.4 Å². The molecule has 0 aliphatic carbocycles. The summed E-state index contributed by atoms with van der Waals surface area (Å²) in [6.07, 6.45) is 0. The summed E-state index contributed by atoms with van der Waals surface area (Å²) < 4.78 is 0. The van der Waals surface area contributed by atoms with Crippen LogP contribution in [0.1, 0.15) is 22.3 Å². The molecule has 0 fully saturated rings. The molecule has 0 atom stereocenters. The molecule has 0 bridgehead atoms. The van der Waals surface area contributed by atoms with Gasteiger partial charge in [-0.05, 0) is 56.5 Å². The van der Waals surface area contributed by atoms with Crippen molar-refractivity contribution < 1.29 is 0 Å². The van der Waals surface area contributed by atoms with Gasteiger partial charge in [-0.15, -0.1) is 0 Å². The van der Waals surface area contributed by atoms with Gasteiger partial charge in [0.05, 0.1) is 0 Å². The molecule has 0 unspecified atom stereocenters. The number of hydrogen-bond acceptors (Lipinski definition) is 1. The molecular weight excluding hydrogens is 242 g/mol. The molecule has 0 aliphatic rings. The third-order valence-electron chi connectivity index (χ3n) is 3.12. The van der Waals surface area contributed by atoms with Crippen LogP contribution in [0.2, 0.25) is 5.02 Å². The van der Waals surface area contributed by atoms with E-state index in [2.05, 4.69) is 44.3 Å². The molecule has 1 N–H and O–H groups in total. The molecular formula is C16H18ClN. The van der Waals surface area contributed by atoms with Gasteiger partial charge in [0.2, 0.25) is 0 Å². The molecule has 0 aromatic heterocycles. The Balaban J connectivity index is 2.37. The largest absolute Gasteiger partial charge is 0.355 e. The summed E-state index contributed by atoms with van der Waals surface area (Å²) in [5.74, 6) is 0. The summed E-state index contributed by atoms with van der Waals surface area (Å²) in [4.78, 5) is 0. The van der Waals surface area contributed by atoms with Gasteiger partial charge in [-0.1, -0.05) is 35.4 Å². The van der Waals surface area contributed by atoms with E-state index in [1.54, 1.807) is 0 Å². The van der Waals surface area contributed by atoms with Gasteiger partial charge < -0.3 is 5.32 Å². The zero-order valence-electron chi connectivity index (χ0n) is 11.3. The quantitative estimate of drug-likeness (QED) is 0.770. The van der Waals surface area contributed by atoms with E-state index >= 15 is 0 Å². The third-order valence-corrected chi connectivity index (χ3v) is 3.53. The van der Waals surface area contributed by atoms with Gasteiger partial charge in [0.1, 0.15) is 0 Å². The van der Waals surface area contributed by atoms with Gasteiger partial charge in [0.25, 0.3) is 0 Å². The Bertz CT molecular complexity index is 565. The van der Waals surface area contributed by atoms with Crippen LogP contribution < -0.4 is 5.32 Å². The zero-order valence-corrected chi connectivity index (χ0v) is 12.0. The second-order valence-electron chi connectivity index (χ2n) is 4.86. The van der Waals surface area contributed by atoms with Gasteiger partial charge in [0, 0.05) is 16.4 Å². The highest BCUT2D eigenvalue weighted by molar-refractivity contribution is 6.31. The lowest BCUT2D eigenvalue weighted by Gasteiger charge is -2.14. The highest BCUT2D eigenvalue weighted by Crippen LogP contribution is 2.28. The first kappa shape index (κ1) is 13.0. The van der Waals surface area contributed by atoms with Gasteiger partial charge in [-0.25, -0.2) is 0 Å². The van der Waals surface area contributed by atoms with Gasteiger partial charge in [-0.2, -0.15) is 0 Å². The summed E-state index contributed by atoms with van der Waals surface area (Å²) in [5, 5.41) is 4.25. The number of rotatable bonds is 2. The second kappa shape index (κ2) is 5.03. The van der Waals surface area contributed by atoms with Crippen LogP contribution >= 0.6 is 11.6 Å². The summed E-state index contributed by atoms with van der Waals surface area (Å²) in [6.45, 7) is 8.37. The monoisotopic (exact) mass is 259 g/mol. The van der Waals surface area contributed by atoms with E-state index in [9.17, 15) is 0 Å². The minimum Gasteiger partial charge on any atom is -0.355 e. The van der Waals surface area contributed by atoms with Crippen molar-refractivity contribution in [3.63, 3.8) is 0 Å². The lowest BCUT2D eigenvalue weighted by molar-refractivity contribution is 1.31. The van der Waals surface area contributed by atoms with E-state index in [0.717, 1.165) is 16.3 Å². The average molecular weight is 260 g/mol. The Morgan fingerprint density at radius 3 is 2.00 bits per heavy atom. The standard InChI is InChI=1S/C16H18ClN/c1-10-7-12(3)16(13(4)8-10)18-14-6-5-11(2)15(17)9-14/h5-9,18H,1-4H3. The molecule has 0 amide bonds. The average Bonchev–Trinajstić information content (AvgIpc) is 2.28. The number of hydrogen-bond donors (Lipinski definition) is 1. The molecule has 0 aliphatic heterocycles. The predicted molar refractivity (Wildman–Crippen MR) is 80.1 cm³/mol. The molecule has 18 heavy (non-hydrogen) atoms. The maximum atomic E-state index is 6.14. The number of nitrogens with one attached hydrogen (secondary N) is 1. The van der Waals surface area contributed by atoms with Gasteiger partial charge >= 0.3 is 0 Å². The fourth-order valence-electron chi connectivity index (χ4n) is 2.19. The lowest BCUT2D eigenvalue weighted by atomic mass is 10.0. The number of anilines is 2. The van der Waals surface area contributed by atoms with Crippen molar-refractivity contribution in [1.29, 1.82) is 0 Å². The highest BCUT2D eigenvalue weighted by Gasteiger charge is 2.05. The maximum Gasteiger partial charge on any atom is 0.0455 e. The summed E-state index contributed by atoms with van der Waals surface area (Å²) in [6, 6.07) is 10.4. The van der Waals surface area contributed by atoms with Crippen molar-refractivity contribution in [2.24, 2.45) is 0 Å². The van der Waals surface area contributed by atoms with Crippen LogP contribution in [-0.2, 0) is 0 Å². The molecule has 2 aromatic rings. The molecule has 0 radical (unpaired) electrons. The van der Waals surface area contributed by atoms with Crippen molar-refractivity contribution in [3.05, 3.63) is 57.6 Å². The Hall–Kier alpha value is -1.47. The lowest BCUT2D eigenvalue weighted by Crippen LogP contribution is -1.97. The Morgan fingerprint density at radius 1 is 0.833 bits per heavy atom. The van der Waals surface area contributed by atoms with Crippen LogP contribution in [0.25, 0.3) is 0 Å². The topological polar surface area (TPSA) is 12.0 Å². The minimum absolute atomic E-state index is 0.794. The highest BCUT2D eigenvalue weighted by atomic mass is 35.5. The fraction of sp³-hybridized carbons (Fsp3) is 0.250. The van der Waals surface area contributed by atoms with Gasteiger partial charge in [-0.3, -0.25) is 0 Å². The van der Waals surface area contributed by atoms with Crippen molar-refractivity contribution in [2.45, 2.75) is 27.7 Å². The molecule has 0 saturated heterocycles. The summed E-state index contributed by atoms with van der Waals surface area (Å²) >= 11 is 6.14. The minimum atomic E-state index is 0.794. The zero-order chi connectivity index (χ0) is 13.3. The molecule has 0 spiro atoms. The van der Waals surface area contributed by atoms with Gasteiger partial charge in [0.15, 0.2) is 0 Å². The normalized spacial score (nSPS) is 10.5. The van der Waals surface area contributed by atoms with Crippen molar-refractivity contribution in [1.82, 2.24) is 0 Å². The molecule has 1 nitrogen and oxygen atoms in total. The van der Waals surface area contributed by atoms with E-state index < -0.39 is 0 Å². The Labute approximate surface area is 114 Å². The number of aryl methyl sites for hydroxylation is 4. The first-order chi connectivity index (χ1) is 8.47. The molecule has 2 rings (SSSR count). The Morgan fingerprint density at radius 2 is 1.44 bits per heavy atom. The van der Waals surface area contributed by atoms with E-state index in [1.807, 2.05) is 19.1 Å². The third kappa shape index (κ3) is 2.68. The van der Waals surface area contributed by atoms with Crippen LogP contribution in [0.15, 0.2) is 30.3 Å². The smallest absolute Gasteiger partial charge is 0.0455 e. The summed E-state index contributed by atoms with van der Waals surface area (Å²) in [5.41, 5.74) is 7.09. The predicted octanol–water partition coefficient (Wildman–Crippen LogP) is 5.32. The summed E-state index contributed by atoms with van der Waals surface area (Å²) in [7, 11) is 0. The fourth-order valence-corrected chi connectivity index (χ4v) is 2.37. The van der Waals surface area contributed by atoms with Crippen molar-refractivity contribution in [2.75, 3.05) is 5.32 Å². The molecule has 2 heteroatoms. The van der Waals surface area contributed by atoms with Crippen molar-refractivity contribution >= 4 is 23.0 Å². The molecule has 2 aromatic carbocycles.